The largest absolute Gasteiger partial charge is 0.383 e. The minimum Gasteiger partial charge on any atom is -0.383 e. The Labute approximate surface area is 184 Å². The molecular formula is C23H25F2N5O2. The summed E-state index contributed by atoms with van der Waals surface area (Å²) in [6.45, 7) is 4.93. The van der Waals surface area contributed by atoms with Gasteiger partial charge in [-0.05, 0) is 44.0 Å². The molecule has 0 bridgehead atoms. The smallest absolute Gasteiger partial charge is 0.254 e. The van der Waals surface area contributed by atoms with Crippen molar-refractivity contribution in [2.24, 2.45) is 5.73 Å². The Kier molecular flexibility index (Phi) is 6.57. The number of nitrogen functional groups attached to an aromatic ring is 1. The van der Waals surface area contributed by atoms with Gasteiger partial charge in [0.1, 0.15) is 29.1 Å². The fraction of sp³-hybridized carbons (Fsp3) is 0.261. The summed E-state index contributed by atoms with van der Waals surface area (Å²) in [6.07, 6.45) is -1.24. The Morgan fingerprint density at radius 2 is 1.81 bits per heavy atom. The summed E-state index contributed by atoms with van der Waals surface area (Å²) < 4.78 is 28.5. The van der Waals surface area contributed by atoms with E-state index in [4.69, 9.17) is 11.5 Å². The third-order valence-corrected chi connectivity index (χ3v) is 5.37. The van der Waals surface area contributed by atoms with Crippen molar-refractivity contribution in [3.05, 3.63) is 70.5 Å². The van der Waals surface area contributed by atoms with Gasteiger partial charge >= 0.3 is 0 Å². The van der Waals surface area contributed by atoms with E-state index in [9.17, 15) is 18.4 Å². The summed E-state index contributed by atoms with van der Waals surface area (Å²) in [5.41, 5.74) is 14.1. The van der Waals surface area contributed by atoms with E-state index < -0.39 is 23.9 Å². The number of aromatic nitrogens is 2. The van der Waals surface area contributed by atoms with Crippen LogP contribution in [0.2, 0.25) is 0 Å². The SMILES string of the molecule is Cc1ccc(F)cc1C(=O)NCc1ccc(-c2nn(C(C)C(C)F)c(N)c2C(N)=O)cc1. The molecule has 3 aromatic rings. The third-order valence-electron chi connectivity index (χ3n) is 5.37. The maximum atomic E-state index is 13.8. The number of nitrogens with one attached hydrogen (secondary N) is 1. The monoisotopic (exact) mass is 441 g/mol. The van der Waals surface area contributed by atoms with E-state index in [1.165, 1.54) is 23.7 Å². The summed E-state index contributed by atoms with van der Waals surface area (Å²) >= 11 is 0. The Balaban J connectivity index is 1.81. The van der Waals surface area contributed by atoms with E-state index in [0.717, 1.165) is 5.56 Å². The van der Waals surface area contributed by atoms with E-state index in [-0.39, 0.29) is 35.1 Å². The Morgan fingerprint density at radius 1 is 1.16 bits per heavy atom. The van der Waals surface area contributed by atoms with Crippen LogP contribution in [0.1, 0.15) is 51.7 Å². The van der Waals surface area contributed by atoms with Crippen molar-refractivity contribution < 1.29 is 18.4 Å². The van der Waals surface area contributed by atoms with Crippen LogP contribution < -0.4 is 16.8 Å². The summed E-state index contributed by atoms with van der Waals surface area (Å²) in [4.78, 5) is 24.3. The van der Waals surface area contributed by atoms with Crippen LogP contribution >= 0.6 is 0 Å². The molecule has 3 rings (SSSR count). The lowest BCUT2D eigenvalue weighted by atomic mass is 10.0. The minimum absolute atomic E-state index is 0.00584. The lowest BCUT2D eigenvalue weighted by Gasteiger charge is -2.14. The van der Waals surface area contributed by atoms with Gasteiger partial charge in [-0.15, -0.1) is 0 Å². The molecular weight excluding hydrogens is 416 g/mol. The number of nitrogens with two attached hydrogens (primary N) is 2. The molecule has 2 aromatic carbocycles. The molecule has 0 spiro atoms. The topological polar surface area (TPSA) is 116 Å². The zero-order valence-corrected chi connectivity index (χ0v) is 18.0. The van der Waals surface area contributed by atoms with Crippen LogP contribution in [0.5, 0.6) is 0 Å². The van der Waals surface area contributed by atoms with Crippen LogP contribution in [0.3, 0.4) is 0 Å². The third kappa shape index (κ3) is 4.61. The highest BCUT2D eigenvalue weighted by molar-refractivity contribution is 6.03. The second kappa shape index (κ2) is 9.17. The normalized spacial score (nSPS) is 12.9. The van der Waals surface area contributed by atoms with Crippen LogP contribution in [0.25, 0.3) is 11.3 Å². The number of carbonyl (C=O) groups excluding carboxylic acids is 2. The number of halogens is 2. The van der Waals surface area contributed by atoms with E-state index in [1.54, 1.807) is 44.2 Å². The average molecular weight is 441 g/mol. The number of hydrogen-bond donors (Lipinski definition) is 3. The molecule has 0 aliphatic carbocycles. The zero-order valence-electron chi connectivity index (χ0n) is 18.0. The van der Waals surface area contributed by atoms with Crippen LogP contribution in [-0.4, -0.2) is 27.8 Å². The lowest BCUT2D eigenvalue weighted by Crippen LogP contribution is -2.23. The predicted molar refractivity (Wildman–Crippen MR) is 118 cm³/mol. The Bertz CT molecular complexity index is 1160. The standard InChI is InChI=1S/C23H25F2N5O2/c1-12-4-9-17(25)10-18(12)23(32)28-11-15-5-7-16(8-6-15)20-19(22(27)31)21(26)30(29-20)14(3)13(2)24/h4-10,13-14H,11,26H2,1-3H3,(H2,27,31)(H,28,32). The molecule has 7 nitrogen and oxygen atoms in total. The van der Waals surface area contributed by atoms with Crippen molar-refractivity contribution in [3.8, 4) is 11.3 Å². The van der Waals surface area contributed by atoms with Gasteiger partial charge in [-0.2, -0.15) is 5.10 Å². The van der Waals surface area contributed by atoms with E-state index >= 15 is 0 Å². The van der Waals surface area contributed by atoms with E-state index in [1.807, 2.05) is 0 Å². The number of carbonyl (C=O) groups is 2. The number of primary amides is 1. The van der Waals surface area contributed by atoms with Crippen molar-refractivity contribution in [3.63, 3.8) is 0 Å². The van der Waals surface area contributed by atoms with E-state index in [0.29, 0.717) is 11.1 Å². The molecule has 2 atom stereocenters. The number of aryl methyl sites for hydroxylation is 1. The molecule has 1 aromatic heterocycles. The lowest BCUT2D eigenvalue weighted by molar-refractivity contribution is 0.0948. The summed E-state index contributed by atoms with van der Waals surface area (Å²) in [5, 5.41) is 7.08. The van der Waals surface area contributed by atoms with Crippen LogP contribution in [0.4, 0.5) is 14.6 Å². The first-order valence-corrected chi connectivity index (χ1v) is 10.1. The first kappa shape index (κ1) is 22.9. The van der Waals surface area contributed by atoms with Gasteiger partial charge in [0.2, 0.25) is 0 Å². The molecule has 0 aliphatic heterocycles. The molecule has 2 amide bonds. The zero-order chi connectivity index (χ0) is 23.6. The highest BCUT2D eigenvalue weighted by atomic mass is 19.1. The van der Waals surface area contributed by atoms with Crippen molar-refractivity contribution >= 4 is 17.6 Å². The van der Waals surface area contributed by atoms with Crippen molar-refractivity contribution in [2.45, 2.75) is 39.5 Å². The van der Waals surface area contributed by atoms with Crippen molar-refractivity contribution in [1.82, 2.24) is 15.1 Å². The van der Waals surface area contributed by atoms with Gasteiger partial charge in [0.05, 0.1) is 6.04 Å². The molecule has 5 N–H and O–H groups in total. The molecule has 0 radical (unpaired) electrons. The highest BCUT2D eigenvalue weighted by Gasteiger charge is 2.25. The summed E-state index contributed by atoms with van der Waals surface area (Å²) in [6, 6.07) is 10.3. The van der Waals surface area contributed by atoms with Crippen molar-refractivity contribution in [1.29, 1.82) is 0 Å². The number of hydrogen-bond acceptors (Lipinski definition) is 4. The van der Waals surface area contributed by atoms with Gasteiger partial charge < -0.3 is 16.8 Å². The molecule has 0 aliphatic rings. The summed E-state index contributed by atoms with van der Waals surface area (Å²) in [7, 11) is 0. The van der Waals surface area contributed by atoms with Crippen molar-refractivity contribution in [2.75, 3.05) is 5.73 Å². The number of benzene rings is 2. The molecule has 0 saturated carbocycles. The molecule has 1 heterocycles. The molecule has 32 heavy (non-hydrogen) atoms. The number of nitrogens with zero attached hydrogens (tertiary/aromatic N) is 2. The minimum atomic E-state index is -1.24. The highest BCUT2D eigenvalue weighted by Crippen LogP contribution is 2.30. The van der Waals surface area contributed by atoms with Gasteiger partial charge in [-0.25, -0.2) is 13.5 Å². The van der Waals surface area contributed by atoms with Gasteiger partial charge in [-0.3, -0.25) is 9.59 Å². The van der Waals surface area contributed by atoms with Crippen LogP contribution in [0.15, 0.2) is 42.5 Å². The first-order chi connectivity index (χ1) is 15.1. The second-order valence-electron chi connectivity index (χ2n) is 7.67. The molecule has 168 valence electrons. The number of amides is 2. The number of anilines is 1. The van der Waals surface area contributed by atoms with Gasteiger partial charge in [0.25, 0.3) is 11.8 Å². The maximum Gasteiger partial charge on any atom is 0.254 e. The van der Waals surface area contributed by atoms with Crippen LogP contribution in [-0.2, 0) is 6.54 Å². The summed E-state index contributed by atoms with van der Waals surface area (Å²) in [5.74, 6) is -1.62. The Hall–Kier alpha value is -3.75. The predicted octanol–water partition coefficient (Wildman–Crippen LogP) is 3.53. The molecule has 0 saturated heterocycles. The maximum absolute atomic E-state index is 13.8. The first-order valence-electron chi connectivity index (χ1n) is 10.1. The van der Waals surface area contributed by atoms with Crippen LogP contribution in [0, 0.1) is 12.7 Å². The molecule has 0 fully saturated rings. The van der Waals surface area contributed by atoms with Gasteiger partial charge in [-0.1, -0.05) is 30.3 Å². The average Bonchev–Trinajstić information content (AvgIpc) is 3.10. The van der Waals surface area contributed by atoms with E-state index in [2.05, 4.69) is 10.4 Å². The fourth-order valence-electron chi connectivity index (χ4n) is 3.29. The second-order valence-corrected chi connectivity index (χ2v) is 7.67. The number of rotatable bonds is 7. The Morgan fingerprint density at radius 3 is 2.41 bits per heavy atom. The molecule has 9 heteroatoms. The fourth-order valence-corrected chi connectivity index (χ4v) is 3.29. The number of alkyl halides is 1. The quantitative estimate of drug-likeness (QED) is 0.520. The molecule has 2 unspecified atom stereocenters. The van der Waals surface area contributed by atoms with Gasteiger partial charge in [0.15, 0.2) is 0 Å². The van der Waals surface area contributed by atoms with Gasteiger partial charge in [0, 0.05) is 17.7 Å².